The molecule has 1 aliphatic rings. The lowest BCUT2D eigenvalue weighted by atomic mass is 10.0. The number of anilines is 2. The third-order valence-corrected chi connectivity index (χ3v) is 3.34. The van der Waals surface area contributed by atoms with Gasteiger partial charge in [-0.05, 0) is 32.3 Å². The number of hydrogen-bond acceptors (Lipinski definition) is 2. The molecule has 0 amide bonds. The molecule has 0 aliphatic carbocycles. The van der Waals surface area contributed by atoms with E-state index in [4.69, 9.17) is 5.73 Å². The Bertz CT molecular complexity index is 349. The maximum Gasteiger partial charge on any atom is 0.223 e. The molecule has 1 unspecified atom stereocenters. The zero-order chi connectivity index (χ0) is 10.8. The number of nitrogen functional groups attached to an aromatic ring is 1. The molecular weight excluding hydrogens is 186 g/mol. The third kappa shape index (κ3) is 1.91. The first kappa shape index (κ1) is 10.3. The zero-order valence-corrected chi connectivity index (χ0v) is 9.61. The van der Waals surface area contributed by atoms with Gasteiger partial charge >= 0.3 is 0 Å². The van der Waals surface area contributed by atoms with Crippen molar-refractivity contribution < 1.29 is 4.57 Å². The lowest BCUT2D eigenvalue weighted by Gasteiger charge is -2.31. The Labute approximate surface area is 91.5 Å². The lowest BCUT2D eigenvalue weighted by molar-refractivity contribution is -0.644. The lowest BCUT2D eigenvalue weighted by Crippen LogP contribution is -2.46. The molecule has 1 saturated heterocycles. The van der Waals surface area contributed by atoms with Crippen molar-refractivity contribution in [2.24, 2.45) is 7.05 Å². The molecule has 1 atom stereocenters. The standard InChI is InChI=1S/C12H19N3/c1-10-6-3-4-9-15(10)12-8-5-7-11(13)14(12)2/h5,7-8,10,13H,3-4,6,9H2,1-2H3/p+1. The number of rotatable bonds is 1. The van der Waals surface area contributed by atoms with Crippen LogP contribution in [0.4, 0.5) is 11.6 Å². The number of nitrogens with two attached hydrogens (primary N) is 1. The molecule has 1 fully saturated rings. The molecule has 1 aromatic heterocycles. The van der Waals surface area contributed by atoms with Crippen LogP contribution in [0.2, 0.25) is 0 Å². The van der Waals surface area contributed by atoms with Crippen molar-refractivity contribution in [1.82, 2.24) is 0 Å². The van der Waals surface area contributed by atoms with Crippen LogP contribution >= 0.6 is 0 Å². The second kappa shape index (κ2) is 4.09. The number of aromatic nitrogens is 1. The summed E-state index contributed by atoms with van der Waals surface area (Å²) < 4.78 is 2.07. The van der Waals surface area contributed by atoms with E-state index in [0.717, 1.165) is 12.4 Å². The summed E-state index contributed by atoms with van der Waals surface area (Å²) in [5.74, 6) is 2.06. The van der Waals surface area contributed by atoms with Gasteiger partial charge in [0.15, 0.2) is 0 Å². The van der Waals surface area contributed by atoms with E-state index in [1.807, 2.05) is 19.2 Å². The van der Waals surface area contributed by atoms with E-state index >= 15 is 0 Å². The van der Waals surface area contributed by atoms with Gasteiger partial charge in [0.2, 0.25) is 11.6 Å². The summed E-state index contributed by atoms with van der Waals surface area (Å²) in [6.45, 7) is 3.45. The molecule has 15 heavy (non-hydrogen) atoms. The Morgan fingerprint density at radius 3 is 2.93 bits per heavy atom. The van der Waals surface area contributed by atoms with Gasteiger partial charge < -0.3 is 5.73 Å². The molecule has 2 heterocycles. The molecule has 3 heteroatoms. The van der Waals surface area contributed by atoms with Crippen molar-refractivity contribution in [1.29, 1.82) is 0 Å². The number of nitrogens with zero attached hydrogens (tertiary/aromatic N) is 2. The Kier molecular flexibility index (Phi) is 2.80. The topological polar surface area (TPSA) is 33.1 Å². The molecule has 0 bridgehead atoms. The minimum Gasteiger partial charge on any atom is -0.319 e. The number of pyridine rings is 1. The van der Waals surface area contributed by atoms with Crippen LogP contribution in [-0.2, 0) is 7.05 Å². The Morgan fingerprint density at radius 1 is 1.40 bits per heavy atom. The van der Waals surface area contributed by atoms with Gasteiger partial charge in [0.1, 0.15) is 0 Å². The summed E-state index contributed by atoms with van der Waals surface area (Å²) in [7, 11) is 2.03. The predicted octanol–water partition coefficient (Wildman–Crippen LogP) is 1.47. The summed E-state index contributed by atoms with van der Waals surface area (Å²) in [6, 6.07) is 6.76. The highest BCUT2D eigenvalue weighted by Gasteiger charge is 2.25. The molecule has 2 rings (SSSR count). The maximum absolute atomic E-state index is 5.91. The average molecular weight is 206 g/mol. The minimum absolute atomic E-state index is 0.631. The smallest absolute Gasteiger partial charge is 0.223 e. The molecule has 3 nitrogen and oxygen atoms in total. The molecule has 0 aromatic carbocycles. The highest BCUT2D eigenvalue weighted by Crippen LogP contribution is 2.21. The minimum atomic E-state index is 0.631. The second-order valence-corrected chi connectivity index (χ2v) is 4.41. The van der Waals surface area contributed by atoms with E-state index in [9.17, 15) is 0 Å². The maximum atomic E-state index is 5.91. The summed E-state index contributed by atoms with van der Waals surface area (Å²) in [5.41, 5.74) is 5.91. The first-order chi connectivity index (χ1) is 7.20. The van der Waals surface area contributed by atoms with Gasteiger partial charge in [-0.15, -0.1) is 0 Å². The molecular formula is C12H20N3+. The van der Waals surface area contributed by atoms with Crippen molar-refractivity contribution in [3.05, 3.63) is 18.2 Å². The van der Waals surface area contributed by atoms with Crippen LogP contribution in [0.3, 0.4) is 0 Å². The van der Waals surface area contributed by atoms with E-state index in [1.165, 1.54) is 25.1 Å². The van der Waals surface area contributed by atoms with E-state index in [1.54, 1.807) is 0 Å². The predicted molar refractivity (Wildman–Crippen MR) is 62.7 cm³/mol. The summed E-state index contributed by atoms with van der Waals surface area (Å²) >= 11 is 0. The van der Waals surface area contributed by atoms with Gasteiger partial charge in [0.25, 0.3) is 0 Å². The first-order valence-corrected chi connectivity index (χ1v) is 5.71. The van der Waals surface area contributed by atoms with E-state index in [0.29, 0.717) is 6.04 Å². The molecule has 2 N–H and O–H groups in total. The van der Waals surface area contributed by atoms with Crippen LogP contribution in [0.15, 0.2) is 18.2 Å². The molecule has 0 saturated carbocycles. The quantitative estimate of drug-likeness (QED) is 0.706. The monoisotopic (exact) mass is 206 g/mol. The van der Waals surface area contributed by atoms with Crippen LogP contribution in [-0.4, -0.2) is 12.6 Å². The van der Waals surface area contributed by atoms with Crippen LogP contribution in [0.25, 0.3) is 0 Å². The normalized spacial score (nSPS) is 21.7. The highest BCUT2D eigenvalue weighted by atomic mass is 15.3. The summed E-state index contributed by atoms with van der Waals surface area (Å²) in [5, 5.41) is 0. The van der Waals surface area contributed by atoms with Gasteiger partial charge in [-0.2, -0.15) is 0 Å². The third-order valence-electron chi connectivity index (χ3n) is 3.34. The zero-order valence-electron chi connectivity index (χ0n) is 9.61. The van der Waals surface area contributed by atoms with Gasteiger partial charge in [-0.1, -0.05) is 0 Å². The highest BCUT2D eigenvalue weighted by molar-refractivity contribution is 5.38. The SMILES string of the molecule is CC1CCCCN1c1cccc(N)[n+]1C. The summed E-state index contributed by atoms with van der Waals surface area (Å²) in [4.78, 5) is 2.46. The van der Waals surface area contributed by atoms with E-state index < -0.39 is 0 Å². The van der Waals surface area contributed by atoms with Crippen LogP contribution < -0.4 is 15.2 Å². The molecule has 82 valence electrons. The van der Waals surface area contributed by atoms with Crippen molar-refractivity contribution in [3.63, 3.8) is 0 Å². The van der Waals surface area contributed by atoms with Gasteiger partial charge in [0.05, 0.1) is 19.6 Å². The second-order valence-electron chi connectivity index (χ2n) is 4.41. The number of hydrogen-bond donors (Lipinski definition) is 1. The Morgan fingerprint density at radius 2 is 2.20 bits per heavy atom. The van der Waals surface area contributed by atoms with E-state index in [-0.39, 0.29) is 0 Å². The average Bonchev–Trinajstić information content (AvgIpc) is 2.23. The fraction of sp³-hybridized carbons (Fsp3) is 0.583. The van der Waals surface area contributed by atoms with E-state index in [2.05, 4.69) is 22.5 Å². The summed E-state index contributed by atoms with van der Waals surface area (Å²) in [6.07, 6.45) is 3.93. The Hall–Kier alpha value is -1.25. The van der Waals surface area contributed by atoms with Crippen LogP contribution in [0.5, 0.6) is 0 Å². The Balaban J connectivity index is 2.31. The fourth-order valence-corrected chi connectivity index (χ4v) is 2.32. The van der Waals surface area contributed by atoms with Gasteiger partial charge in [-0.25, -0.2) is 4.57 Å². The molecule has 1 aliphatic heterocycles. The van der Waals surface area contributed by atoms with Gasteiger partial charge in [-0.3, -0.25) is 4.90 Å². The molecule has 0 spiro atoms. The molecule has 0 radical (unpaired) electrons. The largest absolute Gasteiger partial charge is 0.319 e. The van der Waals surface area contributed by atoms with Crippen molar-refractivity contribution in [3.8, 4) is 0 Å². The fourth-order valence-electron chi connectivity index (χ4n) is 2.32. The van der Waals surface area contributed by atoms with Crippen molar-refractivity contribution in [2.75, 3.05) is 17.2 Å². The first-order valence-electron chi connectivity index (χ1n) is 5.71. The number of piperidine rings is 1. The van der Waals surface area contributed by atoms with Crippen molar-refractivity contribution in [2.45, 2.75) is 32.2 Å². The molecule has 1 aromatic rings. The van der Waals surface area contributed by atoms with Gasteiger partial charge in [0, 0.05) is 12.1 Å². The van der Waals surface area contributed by atoms with Crippen molar-refractivity contribution >= 4 is 11.6 Å². The van der Waals surface area contributed by atoms with Crippen LogP contribution in [0.1, 0.15) is 26.2 Å². The van der Waals surface area contributed by atoms with Crippen LogP contribution in [0, 0.1) is 0 Å².